The van der Waals surface area contributed by atoms with Crippen molar-refractivity contribution in [2.24, 2.45) is 12.0 Å². The highest BCUT2D eigenvalue weighted by Gasteiger charge is 2.27. The van der Waals surface area contributed by atoms with Crippen LogP contribution < -0.4 is 5.32 Å². The van der Waals surface area contributed by atoms with E-state index in [1.165, 1.54) is 6.07 Å². The molecule has 1 aromatic carbocycles. The molecule has 1 atom stereocenters. The number of hydrogen-bond donors (Lipinski definition) is 1. The maximum Gasteiger partial charge on any atom is 0.194 e. The Hall–Kier alpha value is -1.75. The minimum Gasteiger partial charge on any atom is -0.357 e. The molecule has 1 fully saturated rings. The molecule has 3 rings (SSSR count). The topological polar surface area (TPSA) is 48.7 Å². The van der Waals surface area contributed by atoms with Crippen molar-refractivity contribution in [1.82, 2.24) is 24.9 Å². The zero-order valence-corrected chi connectivity index (χ0v) is 20.1. The molecule has 166 valence electrons. The van der Waals surface area contributed by atoms with E-state index in [1.807, 2.05) is 26.4 Å². The Morgan fingerprint density at radius 2 is 1.93 bits per heavy atom. The van der Waals surface area contributed by atoms with Crippen LogP contribution in [0.4, 0.5) is 8.78 Å². The van der Waals surface area contributed by atoms with Gasteiger partial charge in [0, 0.05) is 69.2 Å². The van der Waals surface area contributed by atoms with Crippen LogP contribution in [0, 0.1) is 11.6 Å². The van der Waals surface area contributed by atoms with Gasteiger partial charge in [0.05, 0.1) is 12.7 Å². The van der Waals surface area contributed by atoms with Crippen molar-refractivity contribution in [2.45, 2.75) is 32.9 Å². The van der Waals surface area contributed by atoms with E-state index in [-0.39, 0.29) is 30.0 Å². The summed E-state index contributed by atoms with van der Waals surface area (Å²) < 4.78 is 29.4. The molecule has 0 bridgehead atoms. The first-order valence-electron chi connectivity index (χ1n) is 10.2. The first kappa shape index (κ1) is 24.5. The molecular formula is C21H31F2IN6. The second-order valence-corrected chi connectivity index (χ2v) is 7.31. The summed E-state index contributed by atoms with van der Waals surface area (Å²) in [6, 6.07) is 3.84. The van der Waals surface area contributed by atoms with Gasteiger partial charge in [0.25, 0.3) is 0 Å². The molecule has 2 aromatic rings. The number of piperazine rings is 1. The monoisotopic (exact) mass is 532 g/mol. The van der Waals surface area contributed by atoms with Crippen LogP contribution >= 0.6 is 24.0 Å². The van der Waals surface area contributed by atoms with Gasteiger partial charge in [-0.1, -0.05) is 13.0 Å². The lowest BCUT2D eigenvalue weighted by molar-refractivity contribution is 0.124. The van der Waals surface area contributed by atoms with Crippen LogP contribution in [0.3, 0.4) is 0 Å². The van der Waals surface area contributed by atoms with E-state index in [2.05, 4.69) is 27.1 Å². The van der Waals surface area contributed by atoms with Gasteiger partial charge >= 0.3 is 0 Å². The maximum absolute atomic E-state index is 14.3. The fraction of sp³-hybridized carbons (Fsp3) is 0.524. The number of rotatable bonds is 6. The Morgan fingerprint density at radius 3 is 2.50 bits per heavy atom. The number of aryl methyl sites for hydroxylation is 1. The second-order valence-electron chi connectivity index (χ2n) is 7.31. The molecular weight excluding hydrogens is 501 g/mol. The Kier molecular flexibility index (Phi) is 9.47. The molecule has 0 radical (unpaired) electrons. The summed E-state index contributed by atoms with van der Waals surface area (Å²) in [5.74, 6) is -0.117. The highest BCUT2D eigenvalue weighted by molar-refractivity contribution is 14.0. The standard InChI is InChI=1S/C21H30F2N6.HI/c1-4-20(18-7-6-17(22)12-19(18)23)28-8-10-29(11-9-28)21(24-5-2)25-13-16-14-26-27(3)15-16;/h6-7,12,14-15,20H,4-5,8-11,13H2,1-3H3,(H,24,25);1H. The van der Waals surface area contributed by atoms with E-state index < -0.39 is 11.6 Å². The molecule has 1 aromatic heterocycles. The van der Waals surface area contributed by atoms with Crippen LogP contribution in [0.5, 0.6) is 0 Å². The normalized spacial score (nSPS) is 16.3. The molecule has 0 spiro atoms. The molecule has 1 aliphatic rings. The smallest absolute Gasteiger partial charge is 0.194 e. The summed E-state index contributed by atoms with van der Waals surface area (Å²) in [4.78, 5) is 9.27. The fourth-order valence-corrected chi connectivity index (χ4v) is 3.84. The van der Waals surface area contributed by atoms with E-state index in [1.54, 1.807) is 10.7 Å². The van der Waals surface area contributed by atoms with Crippen LogP contribution in [0.25, 0.3) is 0 Å². The zero-order valence-electron chi connectivity index (χ0n) is 17.8. The highest BCUT2D eigenvalue weighted by Crippen LogP contribution is 2.28. The average Bonchev–Trinajstić information content (AvgIpc) is 3.13. The van der Waals surface area contributed by atoms with Crippen LogP contribution in [0.15, 0.2) is 35.6 Å². The average molecular weight is 532 g/mol. The molecule has 30 heavy (non-hydrogen) atoms. The number of hydrogen-bond acceptors (Lipinski definition) is 3. The van der Waals surface area contributed by atoms with E-state index in [0.29, 0.717) is 12.1 Å². The van der Waals surface area contributed by atoms with Crippen molar-refractivity contribution in [1.29, 1.82) is 0 Å². The van der Waals surface area contributed by atoms with Gasteiger partial charge < -0.3 is 10.2 Å². The van der Waals surface area contributed by atoms with Crippen molar-refractivity contribution < 1.29 is 8.78 Å². The molecule has 1 saturated heterocycles. The van der Waals surface area contributed by atoms with Gasteiger partial charge in [-0.15, -0.1) is 24.0 Å². The quantitative estimate of drug-likeness (QED) is 0.352. The summed E-state index contributed by atoms with van der Waals surface area (Å²) in [5.41, 5.74) is 1.64. The van der Waals surface area contributed by atoms with Gasteiger partial charge in [0.15, 0.2) is 5.96 Å². The van der Waals surface area contributed by atoms with Crippen LogP contribution in [-0.4, -0.2) is 58.3 Å². The number of aromatic nitrogens is 2. The van der Waals surface area contributed by atoms with E-state index in [4.69, 9.17) is 4.99 Å². The number of nitrogens with one attached hydrogen (secondary N) is 1. The van der Waals surface area contributed by atoms with Crippen LogP contribution in [-0.2, 0) is 13.6 Å². The van der Waals surface area contributed by atoms with Gasteiger partial charge in [-0.05, 0) is 19.4 Å². The van der Waals surface area contributed by atoms with Crippen molar-refractivity contribution in [3.8, 4) is 0 Å². The van der Waals surface area contributed by atoms with Gasteiger partial charge in [0.1, 0.15) is 11.6 Å². The third kappa shape index (κ3) is 6.13. The summed E-state index contributed by atoms with van der Waals surface area (Å²) >= 11 is 0. The summed E-state index contributed by atoms with van der Waals surface area (Å²) in [5, 5.41) is 7.55. The first-order chi connectivity index (χ1) is 14.0. The van der Waals surface area contributed by atoms with Crippen molar-refractivity contribution in [2.75, 3.05) is 32.7 Å². The first-order valence-corrected chi connectivity index (χ1v) is 10.2. The van der Waals surface area contributed by atoms with Crippen LogP contribution in [0.1, 0.15) is 37.4 Å². The minimum absolute atomic E-state index is 0. The summed E-state index contributed by atoms with van der Waals surface area (Å²) in [6.07, 6.45) is 4.57. The van der Waals surface area contributed by atoms with Gasteiger partial charge in [0.2, 0.25) is 0 Å². The molecule has 0 aliphatic carbocycles. The van der Waals surface area contributed by atoms with E-state index in [0.717, 1.165) is 56.7 Å². The summed E-state index contributed by atoms with van der Waals surface area (Å²) in [7, 11) is 1.89. The Labute approximate surface area is 194 Å². The molecule has 0 saturated carbocycles. The van der Waals surface area contributed by atoms with E-state index >= 15 is 0 Å². The second kappa shape index (κ2) is 11.6. The van der Waals surface area contributed by atoms with Crippen molar-refractivity contribution in [3.63, 3.8) is 0 Å². The molecule has 1 unspecified atom stereocenters. The lowest BCUT2D eigenvalue weighted by Crippen LogP contribution is -2.53. The van der Waals surface area contributed by atoms with Gasteiger partial charge in [-0.2, -0.15) is 5.10 Å². The molecule has 1 aliphatic heterocycles. The Morgan fingerprint density at radius 1 is 1.20 bits per heavy atom. The lowest BCUT2D eigenvalue weighted by atomic mass is 10.0. The largest absolute Gasteiger partial charge is 0.357 e. The number of guanidine groups is 1. The van der Waals surface area contributed by atoms with Gasteiger partial charge in [-0.3, -0.25) is 9.58 Å². The van der Waals surface area contributed by atoms with Crippen molar-refractivity contribution >= 4 is 29.9 Å². The highest BCUT2D eigenvalue weighted by atomic mass is 127. The van der Waals surface area contributed by atoms with Gasteiger partial charge in [-0.25, -0.2) is 13.8 Å². The SMILES string of the molecule is CCNC(=NCc1cnn(C)c1)N1CCN(C(CC)c2ccc(F)cc2F)CC1.I. The molecule has 1 N–H and O–H groups in total. The zero-order chi connectivity index (χ0) is 20.8. The number of halogens is 3. The fourth-order valence-electron chi connectivity index (χ4n) is 3.84. The summed E-state index contributed by atoms with van der Waals surface area (Å²) in [6.45, 7) is 8.67. The Balaban J connectivity index is 0.00000320. The van der Waals surface area contributed by atoms with Crippen molar-refractivity contribution in [3.05, 3.63) is 53.4 Å². The molecule has 2 heterocycles. The third-order valence-corrected chi connectivity index (χ3v) is 5.27. The number of aliphatic imine (C=N–C) groups is 1. The van der Waals surface area contributed by atoms with Crippen LogP contribution in [0.2, 0.25) is 0 Å². The number of nitrogens with zero attached hydrogens (tertiary/aromatic N) is 5. The lowest BCUT2D eigenvalue weighted by Gasteiger charge is -2.40. The Bertz CT molecular complexity index is 833. The third-order valence-electron chi connectivity index (χ3n) is 5.27. The predicted molar refractivity (Wildman–Crippen MR) is 126 cm³/mol. The maximum atomic E-state index is 14.3. The predicted octanol–water partition coefficient (Wildman–Crippen LogP) is 3.55. The minimum atomic E-state index is -0.536. The molecule has 6 nitrogen and oxygen atoms in total. The number of benzene rings is 1. The molecule has 0 amide bonds. The molecule has 9 heteroatoms. The van der Waals surface area contributed by atoms with E-state index in [9.17, 15) is 8.78 Å².